The third kappa shape index (κ3) is 5.67. The lowest BCUT2D eigenvalue weighted by molar-refractivity contribution is 0.244. The van der Waals surface area contributed by atoms with Gasteiger partial charge in [0.25, 0.3) is 0 Å². The van der Waals surface area contributed by atoms with E-state index >= 15 is 0 Å². The van der Waals surface area contributed by atoms with Crippen LogP contribution < -0.4 is 0 Å². The van der Waals surface area contributed by atoms with Crippen LogP contribution in [-0.2, 0) is 4.74 Å². The molecule has 2 nitrogen and oxygen atoms in total. The Morgan fingerprint density at radius 1 is 1.64 bits per heavy atom. The van der Waals surface area contributed by atoms with Gasteiger partial charge in [0, 0.05) is 6.42 Å². The van der Waals surface area contributed by atoms with E-state index in [1.165, 1.54) is 0 Å². The van der Waals surface area contributed by atoms with E-state index in [0.717, 1.165) is 12.2 Å². The summed E-state index contributed by atoms with van der Waals surface area (Å²) in [7, 11) is 1.64. The van der Waals surface area contributed by atoms with E-state index in [9.17, 15) is 0 Å². The molecule has 0 bridgehead atoms. The topological polar surface area (TPSA) is 29.5 Å². The van der Waals surface area contributed by atoms with Crippen LogP contribution >= 0.6 is 0 Å². The number of allylic oxidation sites excluding steroid dienone is 3. The molecule has 1 N–H and O–H groups in total. The van der Waals surface area contributed by atoms with Gasteiger partial charge in [0.2, 0.25) is 0 Å². The third-order valence-corrected chi connectivity index (χ3v) is 1.28. The second-order valence-corrected chi connectivity index (χ2v) is 2.32. The Morgan fingerprint density at radius 2 is 2.27 bits per heavy atom. The molecule has 0 aromatic heterocycles. The fraction of sp³-hybridized carbons (Fsp3) is 0.556. The van der Waals surface area contributed by atoms with Crippen LogP contribution in [0.2, 0.25) is 0 Å². The predicted molar refractivity (Wildman–Crippen MR) is 46.2 cm³/mol. The summed E-state index contributed by atoms with van der Waals surface area (Å²) in [5, 5.41) is 8.85. The lowest BCUT2D eigenvalue weighted by atomic mass is 10.3. The molecule has 0 heterocycles. The Balaban J connectivity index is 3.87. The average molecular weight is 156 g/mol. The van der Waals surface area contributed by atoms with Gasteiger partial charge in [-0.15, -0.1) is 0 Å². The summed E-state index contributed by atoms with van der Waals surface area (Å²) in [6, 6.07) is 0. The van der Waals surface area contributed by atoms with Gasteiger partial charge >= 0.3 is 0 Å². The first-order valence-electron chi connectivity index (χ1n) is 3.80. The summed E-state index contributed by atoms with van der Waals surface area (Å²) in [5.74, 6) is 0.918. The van der Waals surface area contributed by atoms with E-state index in [1.807, 2.05) is 13.0 Å². The van der Waals surface area contributed by atoms with Gasteiger partial charge in [0.05, 0.1) is 19.0 Å². The van der Waals surface area contributed by atoms with Crippen LogP contribution in [0.1, 0.15) is 20.3 Å². The first-order valence-corrected chi connectivity index (χ1v) is 3.80. The number of aliphatic hydroxyl groups is 1. The van der Waals surface area contributed by atoms with Crippen LogP contribution in [-0.4, -0.2) is 18.3 Å². The quantitative estimate of drug-likeness (QED) is 0.497. The van der Waals surface area contributed by atoms with Crippen molar-refractivity contribution in [2.24, 2.45) is 0 Å². The number of hydrogen-bond donors (Lipinski definition) is 1. The Morgan fingerprint density at radius 3 is 2.64 bits per heavy atom. The van der Waals surface area contributed by atoms with Crippen molar-refractivity contribution < 1.29 is 9.84 Å². The number of rotatable bonds is 4. The van der Waals surface area contributed by atoms with Gasteiger partial charge in [0.15, 0.2) is 0 Å². The van der Waals surface area contributed by atoms with E-state index in [4.69, 9.17) is 9.84 Å². The molecular weight excluding hydrogens is 140 g/mol. The molecular formula is C9H16O2. The summed E-state index contributed by atoms with van der Waals surface area (Å²) < 4.78 is 5.01. The Bertz CT molecular complexity index is 140. The largest absolute Gasteiger partial charge is 0.501 e. The van der Waals surface area contributed by atoms with Crippen LogP contribution in [0.15, 0.2) is 24.0 Å². The van der Waals surface area contributed by atoms with E-state index < -0.39 is 0 Å². The van der Waals surface area contributed by atoms with Crippen molar-refractivity contribution in [2.45, 2.75) is 26.4 Å². The van der Waals surface area contributed by atoms with Crippen LogP contribution in [0.5, 0.6) is 0 Å². The molecule has 0 aromatic rings. The fourth-order valence-corrected chi connectivity index (χ4v) is 0.654. The van der Waals surface area contributed by atoms with E-state index in [1.54, 1.807) is 26.2 Å². The van der Waals surface area contributed by atoms with Gasteiger partial charge < -0.3 is 9.84 Å². The highest BCUT2D eigenvalue weighted by atomic mass is 16.5. The number of aliphatic hydroxyl groups excluding tert-OH is 1. The molecule has 0 aliphatic heterocycles. The summed E-state index contributed by atoms with van der Waals surface area (Å²) in [5.41, 5.74) is 0. The maximum absolute atomic E-state index is 8.85. The first kappa shape index (κ1) is 10.2. The van der Waals surface area contributed by atoms with Crippen molar-refractivity contribution in [1.82, 2.24) is 0 Å². The molecule has 64 valence electrons. The van der Waals surface area contributed by atoms with E-state index in [-0.39, 0.29) is 6.10 Å². The fourth-order valence-electron chi connectivity index (χ4n) is 0.654. The average Bonchev–Trinajstić information content (AvgIpc) is 1.98. The van der Waals surface area contributed by atoms with Crippen molar-refractivity contribution in [1.29, 1.82) is 0 Å². The molecule has 0 rings (SSSR count). The highest BCUT2D eigenvalue weighted by molar-refractivity contribution is 5.08. The van der Waals surface area contributed by atoms with Crippen molar-refractivity contribution in [2.75, 3.05) is 7.11 Å². The molecule has 0 aromatic carbocycles. The van der Waals surface area contributed by atoms with Gasteiger partial charge in [-0.1, -0.05) is 19.1 Å². The van der Waals surface area contributed by atoms with Crippen LogP contribution in [0, 0.1) is 0 Å². The van der Waals surface area contributed by atoms with Crippen molar-refractivity contribution >= 4 is 0 Å². The van der Waals surface area contributed by atoms with E-state index in [2.05, 4.69) is 0 Å². The smallest absolute Gasteiger partial charge is 0.0952 e. The van der Waals surface area contributed by atoms with Crippen LogP contribution in [0.3, 0.4) is 0 Å². The maximum atomic E-state index is 8.85. The van der Waals surface area contributed by atoms with Gasteiger partial charge in [-0.25, -0.2) is 0 Å². The molecule has 0 saturated carbocycles. The lowest BCUT2D eigenvalue weighted by Gasteiger charge is -1.99. The van der Waals surface area contributed by atoms with Gasteiger partial charge in [-0.2, -0.15) is 0 Å². The summed E-state index contributed by atoms with van der Waals surface area (Å²) in [4.78, 5) is 0. The predicted octanol–water partition coefficient (Wildman–Crippen LogP) is 1.86. The molecule has 0 fully saturated rings. The Labute approximate surface area is 68.2 Å². The third-order valence-electron chi connectivity index (χ3n) is 1.28. The second-order valence-electron chi connectivity index (χ2n) is 2.32. The summed E-state index contributed by atoms with van der Waals surface area (Å²) in [6.45, 7) is 3.73. The minimum Gasteiger partial charge on any atom is -0.501 e. The highest BCUT2D eigenvalue weighted by Crippen LogP contribution is 2.00. The monoisotopic (exact) mass is 156 g/mol. The Hall–Kier alpha value is -0.760. The highest BCUT2D eigenvalue weighted by Gasteiger charge is 1.87. The molecule has 1 atom stereocenters. The van der Waals surface area contributed by atoms with Gasteiger partial charge in [-0.3, -0.25) is 0 Å². The van der Waals surface area contributed by atoms with Crippen molar-refractivity contribution in [3.8, 4) is 0 Å². The zero-order valence-corrected chi connectivity index (χ0v) is 7.37. The van der Waals surface area contributed by atoms with Crippen molar-refractivity contribution in [3.05, 3.63) is 24.0 Å². The van der Waals surface area contributed by atoms with Crippen LogP contribution in [0.25, 0.3) is 0 Å². The van der Waals surface area contributed by atoms with Crippen LogP contribution in [0.4, 0.5) is 0 Å². The zero-order chi connectivity index (χ0) is 8.69. The molecule has 0 saturated heterocycles. The van der Waals surface area contributed by atoms with E-state index in [0.29, 0.717) is 0 Å². The van der Waals surface area contributed by atoms with Crippen molar-refractivity contribution in [3.63, 3.8) is 0 Å². The maximum Gasteiger partial charge on any atom is 0.0952 e. The molecule has 2 heteroatoms. The SMILES string of the molecule is CC/C(=C\C=C/C(C)O)OC. The molecule has 0 spiro atoms. The second kappa shape index (κ2) is 5.98. The lowest BCUT2D eigenvalue weighted by Crippen LogP contribution is -1.91. The normalized spacial score (nSPS) is 15.5. The van der Waals surface area contributed by atoms with Gasteiger partial charge in [0.1, 0.15) is 0 Å². The number of methoxy groups -OCH3 is 1. The molecule has 11 heavy (non-hydrogen) atoms. The molecule has 0 radical (unpaired) electrons. The summed E-state index contributed by atoms with van der Waals surface area (Å²) >= 11 is 0. The number of ether oxygens (including phenoxy) is 1. The number of hydrogen-bond acceptors (Lipinski definition) is 2. The molecule has 0 aliphatic rings. The van der Waals surface area contributed by atoms with Gasteiger partial charge in [-0.05, 0) is 13.0 Å². The Kier molecular flexibility index (Phi) is 5.57. The first-order chi connectivity index (χ1) is 5.20. The minimum atomic E-state index is -0.388. The molecule has 0 aliphatic carbocycles. The molecule has 0 amide bonds. The minimum absolute atomic E-state index is 0.388. The molecule has 1 unspecified atom stereocenters. The standard InChI is InChI=1S/C9H16O2/c1-4-9(11-3)7-5-6-8(2)10/h5-8,10H,4H2,1-3H3/b6-5-,9-7+. The zero-order valence-electron chi connectivity index (χ0n) is 7.37. The summed E-state index contributed by atoms with van der Waals surface area (Å²) in [6.07, 6.45) is 5.84.